The van der Waals surface area contributed by atoms with Crippen LogP contribution in [0, 0.1) is 15.9 Å². The zero-order chi connectivity index (χ0) is 24.6. The SMILES string of the molecule is CCOC(=O)Cn1c2c(c3cc(F)ccc31)C[C@@H](N(C)S(=O)(=O)c1ccc([N+](=O)[O-])cc1)CC2. The van der Waals surface area contributed by atoms with Crippen LogP contribution >= 0.6 is 0 Å². The molecule has 9 nitrogen and oxygen atoms in total. The number of nitrogens with zero attached hydrogens (tertiary/aromatic N) is 3. The molecule has 0 fully saturated rings. The molecule has 1 aliphatic rings. The third-order valence-corrected chi connectivity index (χ3v) is 8.16. The van der Waals surface area contributed by atoms with Gasteiger partial charge in [0.15, 0.2) is 0 Å². The van der Waals surface area contributed by atoms with Gasteiger partial charge >= 0.3 is 5.97 Å². The van der Waals surface area contributed by atoms with E-state index in [4.69, 9.17) is 4.74 Å². The molecule has 180 valence electrons. The largest absolute Gasteiger partial charge is 0.465 e. The average Bonchev–Trinajstić information content (AvgIpc) is 3.10. The zero-order valence-electron chi connectivity index (χ0n) is 18.7. The molecule has 2 aromatic carbocycles. The lowest BCUT2D eigenvalue weighted by molar-refractivity contribution is -0.384. The van der Waals surface area contributed by atoms with Gasteiger partial charge in [0.2, 0.25) is 10.0 Å². The summed E-state index contributed by atoms with van der Waals surface area (Å²) in [5.41, 5.74) is 2.17. The van der Waals surface area contributed by atoms with Crippen LogP contribution in [0.15, 0.2) is 47.4 Å². The van der Waals surface area contributed by atoms with Crippen LogP contribution < -0.4 is 0 Å². The second-order valence-electron chi connectivity index (χ2n) is 8.15. The number of carbonyl (C=O) groups excluding carboxylic acids is 1. The highest BCUT2D eigenvalue weighted by molar-refractivity contribution is 7.89. The van der Waals surface area contributed by atoms with Crippen molar-refractivity contribution in [2.24, 2.45) is 0 Å². The molecule has 0 radical (unpaired) electrons. The molecular formula is C23H24FN3O6S. The minimum Gasteiger partial charge on any atom is -0.465 e. The monoisotopic (exact) mass is 489 g/mol. The molecular weight excluding hydrogens is 465 g/mol. The van der Waals surface area contributed by atoms with Crippen molar-refractivity contribution in [2.75, 3.05) is 13.7 Å². The highest BCUT2D eigenvalue weighted by atomic mass is 32.2. The number of hydrogen-bond acceptors (Lipinski definition) is 6. The van der Waals surface area contributed by atoms with Crippen LogP contribution in [0.2, 0.25) is 0 Å². The number of ether oxygens (including phenoxy) is 1. The van der Waals surface area contributed by atoms with Gasteiger partial charge in [-0.15, -0.1) is 0 Å². The molecule has 0 saturated carbocycles. The van der Waals surface area contributed by atoms with E-state index in [-0.39, 0.29) is 23.7 Å². The summed E-state index contributed by atoms with van der Waals surface area (Å²) in [7, 11) is -2.43. The van der Waals surface area contributed by atoms with Gasteiger partial charge in [-0.25, -0.2) is 12.8 Å². The Hall–Kier alpha value is -3.31. The maximum absolute atomic E-state index is 14.1. The van der Waals surface area contributed by atoms with Gasteiger partial charge in [-0.05, 0) is 62.1 Å². The first-order chi connectivity index (χ1) is 16.1. The number of non-ortho nitro benzene ring substituents is 1. The summed E-state index contributed by atoms with van der Waals surface area (Å²) in [4.78, 5) is 22.4. The first-order valence-electron chi connectivity index (χ1n) is 10.8. The molecule has 0 saturated heterocycles. The van der Waals surface area contributed by atoms with Crippen LogP contribution in [-0.4, -0.2) is 47.9 Å². The fraction of sp³-hybridized carbons (Fsp3) is 0.348. The van der Waals surface area contributed by atoms with E-state index in [2.05, 4.69) is 0 Å². The molecule has 1 aromatic heterocycles. The van der Waals surface area contributed by atoms with E-state index in [9.17, 15) is 27.7 Å². The van der Waals surface area contributed by atoms with Crippen molar-refractivity contribution in [1.29, 1.82) is 0 Å². The van der Waals surface area contributed by atoms with Crippen molar-refractivity contribution in [3.05, 3.63) is 69.7 Å². The Kier molecular flexibility index (Phi) is 6.41. The summed E-state index contributed by atoms with van der Waals surface area (Å²) in [6.07, 6.45) is 1.33. The molecule has 0 amide bonds. The first kappa shape index (κ1) is 23.8. The van der Waals surface area contributed by atoms with Crippen LogP contribution in [-0.2, 0) is 38.9 Å². The molecule has 1 heterocycles. The lowest BCUT2D eigenvalue weighted by atomic mass is 9.91. The Morgan fingerprint density at radius 3 is 2.62 bits per heavy atom. The van der Waals surface area contributed by atoms with Crippen molar-refractivity contribution < 1.29 is 27.3 Å². The number of nitro groups is 1. The maximum atomic E-state index is 14.1. The quantitative estimate of drug-likeness (QED) is 0.286. The number of aromatic nitrogens is 1. The molecule has 0 spiro atoms. The van der Waals surface area contributed by atoms with Crippen LogP contribution in [0.25, 0.3) is 10.9 Å². The number of hydrogen-bond donors (Lipinski definition) is 0. The number of benzene rings is 2. The van der Waals surface area contributed by atoms with Crippen LogP contribution in [0.3, 0.4) is 0 Å². The Bertz CT molecular complexity index is 1370. The Balaban J connectivity index is 1.67. The predicted molar refractivity (Wildman–Crippen MR) is 122 cm³/mol. The number of carbonyl (C=O) groups is 1. The van der Waals surface area contributed by atoms with Crippen molar-refractivity contribution in [2.45, 2.75) is 43.7 Å². The fourth-order valence-electron chi connectivity index (χ4n) is 4.53. The second kappa shape index (κ2) is 9.15. The van der Waals surface area contributed by atoms with E-state index in [0.717, 1.165) is 23.4 Å². The standard InChI is InChI=1S/C23H24FN3O6S/c1-3-33-23(28)14-26-21-10-4-15(24)12-19(21)20-13-17(7-11-22(20)26)25(2)34(31,32)18-8-5-16(6-9-18)27(29)30/h4-6,8-10,12,17H,3,7,11,13-14H2,1-2H3/t17-/m0/s1. The summed E-state index contributed by atoms with van der Waals surface area (Å²) in [6, 6.07) is 8.71. The highest BCUT2D eigenvalue weighted by Gasteiger charge is 2.34. The number of halogens is 1. The van der Waals surface area contributed by atoms with Gasteiger partial charge in [0.05, 0.1) is 16.4 Å². The molecule has 0 aliphatic heterocycles. The maximum Gasteiger partial charge on any atom is 0.325 e. The Morgan fingerprint density at radius 1 is 1.26 bits per heavy atom. The molecule has 4 rings (SSSR count). The summed E-state index contributed by atoms with van der Waals surface area (Å²) in [5, 5.41) is 11.5. The third kappa shape index (κ3) is 4.28. The Morgan fingerprint density at radius 2 is 1.97 bits per heavy atom. The lowest BCUT2D eigenvalue weighted by Gasteiger charge is -2.31. The smallest absolute Gasteiger partial charge is 0.325 e. The first-order valence-corrected chi connectivity index (χ1v) is 12.2. The van der Waals surface area contributed by atoms with Crippen LogP contribution in [0.4, 0.5) is 10.1 Å². The molecule has 11 heteroatoms. The predicted octanol–water partition coefficient (Wildman–Crippen LogP) is 3.43. The molecule has 1 aliphatic carbocycles. The van der Waals surface area contributed by atoms with E-state index in [0.29, 0.717) is 30.2 Å². The van der Waals surface area contributed by atoms with E-state index in [1.807, 2.05) is 4.57 Å². The molecule has 34 heavy (non-hydrogen) atoms. The van der Waals surface area contributed by atoms with Gasteiger partial charge in [-0.2, -0.15) is 4.31 Å². The Labute approximate surface area is 195 Å². The van der Waals surface area contributed by atoms with Crippen molar-refractivity contribution in [1.82, 2.24) is 8.87 Å². The summed E-state index contributed by atoms with van der Waals surface area (Å²) < 4.78 is 48.7. The number of esters is 1. The van der Waals surface area contributed by atoms with Crippen molar-refractivity contribution in [3.8, 4) is 0 Å². The van der Waals surface area contributed by atoms with E-state index in [1.54, 1.807) is 13.0 Å². The summed E-state index contributed by atoms with van der Waals surface area (Å²) >= 11 is 0. The molecule has 0 bridgehead atoms. The number of nitro benzene ring substituents is 1. The molecule has 0 unspecified atom stereocenters. The van der Waals surface area contributed by atoms with E-state index < -0.39 is 32.8 Å². The summed E-state index contributed by atoms with van der Waals surface area (Å²) in [5.74, 6) is -0.816. The normalized spacial score (nSPS) is 15.9. The van der Waals surface area contributed by atoms with Gasteiger partial charge < -0.3 is 9.30 Å². The van der Waals surface area contributed by atoms with Gasteiger partial charge in [-0.3, -0.25) is 14.9 Å². The molecule has 1 atom stereocenters. The van der Waals surface area contributed by atoms with Gasteiger partial charge in [0.1, 0.15) is 12.4 Å². The van der Waals surface area contributed by atoms with Gasteiger partial charge in [-0.1, -0.05) is 0 Å². The number of rotatable bonds is 7. The second-order valence-corrected chi connectivity index (χ2v) is 10.1. The van der Waals surface area contributed by atoms with E-state index >= 15 is 0 Å². The minimum absolute atomic E-state index is 0.00704. The zero-order valence-corrected chi connectivity index (χ0v) is 19.5. The van der Waals surface area contributed by atoms with Crippen molar-refractivity contribution >= 4 is 32.6 Å². The van der Waals surface area contributed by atoms with Gasteiger partial charge in [0, 0.05) is 41.8 Å². The average molecular weight is 490 g/mol. The topological polar surface area (TPSA) is 112 Å². The van der Waals surface area contributed by atoms with Gasteiger partial charge in [0.25, 0.3) is 5.69 Å². The van der Waals surface area contributed by atoms with Crippen LogP contribution in [0.5, 0.6) is 0 Å². The van der Waals surface area contributed by atoms with Crippen LogP contribution in [0.1, 0.15) is 24.6 Å². The number of fused-ring (bicyclic) bond motifs is 3. The molecule has 3 aromatic rings. The van der Waals surface area contributed by atoms with E-state index in [1.165, 1.54) is 35.6 Å². The number of sulfonamides is 1. The lowest BCUT2D eigenvalue weighted by Crippen LogP contribution is -2.40. The minimum atomic E-state index is -3.91. The third-order valence-electron chi connectivity index (χ3n) is 6.23. The molecule has 0 N–H and O–H groups in total. The highest BCUT2D eigenvalue weighted by Crippen LogP contribution is 2.35. The fourth-order valence-corrected chi connectivity index (χ4v) is 5.92. The number of likely N-dealkylation sites (N-methyl/N-ethyl adjacent to an activating group) is 1. The van der Waals surface area contributed by atoms with Crippen molar-refractivity contribution in [3.63, 3.8) is 0 Å². The summed E-state index contributed by atoms with van der Waals surface area (Å²) in [6.45, 7) is 1.97.